The minimum absolute atomic E-state index is 0.116. The molecule has 1 unspecified atom stereocenters. The molecule has 3 rings (SSSR count). The molecule has 2 aliphatic rings. The molecule has 0 bridgehead atoms. The zero-order valence-electron chi connectivity index (χ0n) is 19.5. The van der Waals surface area contributed by atoms with E-state index in [9.17, 15) is 9.90 Å². The fraction of sp³-hybridized carbons (Fsp3) is 0.682. The third-order valence-electron chi connectivity index (χ3n) is 6.67. The van der Waals surface area contributed by atoms with Crippen LogP contribution in [0.5, 0.6) is 5.75 Å². The van der Waals surface area contributed by atoms with E-state index in [1.807, 2.05) is 39.8 Å². The van der Waals surface area contributed by atoms with E-state index in [1.165, 1.54) is 0 Å². The van der Waals surface area contributed by atoms with Crippen molar-refractivity contribution in [2.45, 2.75) is 65.7 Å². The predicted molar refractivity (Wildman–Crippen MR) is 119 cm³/mol. The van der Waals surface area contributed by atoms with Crippen LogP contribution in [0.2, 0.25) is 0 Å². The molecule has 8 heteroatoms. The highest BCUT2D eigenvalue weighted by atomic mass is 16.7. The Morgan fingerprint density at radius 2 is 1.73 bits per heavy atom. The second-order valence-corrected chi connectivity index (χ2v) is 10.4. The highest BCUT2D eigenvalue weighted by molar-refractivity contribution is 6.62. The van der Waals surface area contributed by atoms with Gasteiger partial charge in [-0.05, 0) is 50.7 Å². The van der Waals surface area contributed by atoms with Gasteiger partial charge in [0.25, 0.3) is 0 Å². The lowest BCUT2D eigenvalue weighted by Crippen LogP contribution is -2.59. The van der Waals surface area contributed by atoms with Crippen LogP contribution in [0.25, 0.3) is 0 Å². The first-order chi connectivity index (χ1) is 13.7. The first-order valence-electron chi connectivity index (χ1n) is 10.5. The topological polar surface area (TPSA) is 71.5 Å². The number of benzene rings is 1. The molecule has 0 saturated carbocycles. The number of piperazine rings is 1. The number of ether oxygens (including phenoxy) is 1. The zero-order valence-corrected chi connectivity index (χ0v) is 19.5. The molecule has 1 amide bonds. The molecule has 1 aromatic carbocycles. The van der Waals surface area contributed by atoms with Gasteiger partial charge < -0.3 is 29.0 Å². The Balaban J connectivity index is 1.92. The average molecular weight is 418 g/mol. The highest BCUT2D eigenvalue weighted by Gasteiger charge is 2.52. The van der Waals surface area contributed by atoms with Crippen LogP contribution in [-0.2, 0) is 9.31 Å². The molecular weight excluding hydrogens is 383 g/mol. The van der Waals surface area contributed by atoms with Crippen LogP contribution in [0.15, 0.2) is 18.2 Å². The largest absolute Gasteiger partial charge is 0.497 e. The van der Waals surface area contributed by atoms with E-state index in [2.05, 4.69) is 31.7 Å². The van der Waals surface area contributed by atoms with Crippen molar-refractivity contribution in [3.63, 3.8) is 0 Å². The van der Waals surface area contributed by atoms with Crippen LogP contribution in [0, 0.1) is 5.41 Å². The monoisotopic (exact) mass is 418 g/mol. The summed E-state index contributed by atoms with van der Waals surface area (Å²) in [5.41, 5.74) is 0.857. The average Bonchev–Trinajstić information content (AvgIpc) is 2.87. The van der Waals surface area contributed by atoms with Gasteiger partial charge in [-0.15, -0.1) is 0 Å². The van der Waals surface area contributed by atoms with E-state index in [0.717, 1.165) is 16.9 Å². The highest BCUT2D eigenvalue weighted by Crippen LogP contribution is 2.37. The van der Waals surface area contributed by atoms with Gasteiger partial charge in [-0.1, -0.05) is 20.8 Å². The van der Waals surface area contributed by atoms with Crippen molar-refractivity contribution in [3.8, 4) is 5.75 Å². The number of amides is 1. The number of carbonyl (C=O) groups is 1. The lowest BCUT2D eigenvalue weighted by Gasteiger charge is -2.46. The summed E-state index contributed by atoms with van der Waals surface area (Å²) in [4.78, 5) is 15.5. The fourth-order valence-corrected chi connectivity index (χ4v) is 4.01. The van der Waals surface area contributed by atoms with E-state index < -0.39 is 24.4 Å². The molecule has 7 nitrogen and oxygen atoms in total. The molecule has 0 radical (unpaired) electrons. The van der Waals surface area contributed by atoms with Crippen LogP contribution in [0.3, 0.4) is 0 Å². The number of hydrogen-bond donors (Lipinski definition) is 1. The van der Waals surface area contributed by atoms with Crippen molar-refractivity contribution in [1.29, 1.82) is 0 Å². The van der Waals surface area contributed by atoms with Crippen molar-refractivity contribution in [2.75, 3.05) is 31.6 Å². The zero-order chi connectivity index (χ0) is 22.5. The molecular formula is C22H35BN2O5. The molecule has 0 aliphatic carbocycles. The molecule has 2 saturated heterocycles. The summed E-state index contributed by atoms with van der Waals surface area (Å²) >= 11 is 0. The van der Waals surface area contributed by atoms with E-state index in [1.54, 1.807) is 12.0 Å². The third-order valence-corrected chi connectivity index (χ3v) is 6.67. The van der Waals surface area contributed by atoms with Gasteiger partial charge in [0.1, 0.15) is 5.75 Å². The summed E-state index contributed by atoms with van der Waals surface area (Å²) < 4.78 is 18.0. The van der Waals surface area contributed by atoms with Crippen LogP contribution in [0.4, 0.5) is 10.5 Å². The molecule has 2 aliphatic heterocycles. The van der Waals surface area contributed by atoms with E-state index >= 15 is 0 Å². The maximum atomic E-state index is 11.8. The van der Waals surface area contributed by atoms with Crippen molar-refractivity contribution in [1.82, 2.24) is 4.90 Å². The number of hydrogen-bond acceptors (Lipinski definition) is 5. The first kappa shape index (κ1) is 22.8. The summed E-state index contributed by atoms with van der Waals surface area (Å²) in [6, 6.07) is 5.89. The van der Waals surface area contributed by atoms with Gasteiger partial charge >= 0.3 is 13.2 Å². The maximum absolute atomic E-state index is 11.8. The Kier molecular flexibility index (Phi) is 5.80. The minimum atomic E-state index is -0.863. The Morgan fingerprint density at radius 1 is 1.13 bits per heavy atom. The van der Waals surface area contributed by atoms with Gasteiger partial charge in [0.15, 0.2) is 0 Å². The Morgan fingerprint density at radius 3 is 2.23 bits per heavy atom. The number of methoxy groups -OCH3 is 1. The van der Waals surface area contributed by atoms with Crippen LogP contribution >= 0.6 is 0 Å². The van der Waals surface area contributed by atoms with Gasteiger partial charge in [0, 0.05) is 31.4 Å². The van der Waals surface area contributed by atoms with Crippen molar-refractivity contribution in [3.05, 3.63) is 18.2 Å². The van der Waals surface area contributed by atoms with Gasteiger partial charge in [0.05, 0.1) is 24.4 Å². The molecule has 1 aromatic rings. The maximum Gasteiger partial charge on any atom is 0.495 e. The van der Waals surface area contributed by atoms with Gasteiger partial charge in [-0.3, -0.25) is 0 Å². The standard InChI is InChI=1S/C22H35BN2O5/c1-20(2,3)18-14-24(9-10-25(18)19(26)27)16-11-15(12-17(13-16)28-8)23-29-21(4,5)22(6,7)30-23/h11-13,18H,9-10,14H2,1-8H3,(H,26,27). The lowest BCUT2D eigenvalue weighted by atomic mass is 9.78. The fourth-order valence-electron chi connectivity index (χ4n) is 4.01. The summed E-state index contributed by atoms with van der Waals surface area (Å²) in [6.07, 6.45) is -0.863. The molecule has 1 atom stereocenters. The van der Waals surface area contributed by atoms with Crippen molar-refractivity contribution >= 4 is 24.4 Å². The number of nitrogens with zero attached hydrogens (tertiary/aromatic N) is 2. The first-order valence-corrected chi connectivity index (χ1v) is 10.5. The number of rotatable bonds is 3. The van der Waals surface area contributed by atoms with E-state index in [-0.39, 0.29) is 11.5 Å². The number of carboxylic acid groups (broad SMARTS) is 1. The molecule has 2 fully saturated rings. The predicted octanol–water partition coefficient (Wildman–Crippen LogP) is 3.21. The summed E-state index contributed by atoms with van der Waals surface area (Å²) in [6.45, 7) is 16.1. The lowest BCUT2D eigenvalue weighted by molar-refractivity contribution is 0.00578. The second-order valence-electron chi connectivity index (χ2n) is 10.4. The van der Waals surface area contributed by atoms with Crippen LogP contribution in [0.1, 0.15) is 48.5 Å². The van der Waals surface area contributed by atoms with Gasteiger partial charge in [-0.25, -0.2) is 4.79 Å². The molecule has 0 aromatic heterocycles. The van der Waals surface area contributed by atoms with Crippen molar-refractivity contribution in [2.24, 2.45) is 5.41 Å². The molecule has 0 spiro atoms. The Bertz CT molecular complexity index is 789. The smallest absolute Gasteiger partial charge is 0.495 e. The Labute approximate surface area is 180 Å². The Hall–Kier alpha value is -1.93. The second kappa shape index (κ2) is 7.64. The molecule has 1 N–H and O–H groups in total. The number of anilines is 1. The van der Waals surface area contributed by atoms with E-state index in [4.69, 9.17) is 14.0 Å². The SMILES string of the molecule is COc1cc(B2OC(C)(C)C(C)(C)O2)cc(N2CCN(C(=O)O)C(C(C)(C)C)C2)c1. The summed E-state index contributed by atoms with van der Waals surface area (Å²) in [5.74, 6) is 0.727. The molecule has 30 heavy (non-hydrogen) atoms. The quantitative estimate of drug-likeness (QED) is 0.761. The summed E-state index contributed by atoms with van der Waals surface area (Å²) in [5, 5.41) is 9.65. The van der Waals surface area contributed by atoms with Crippen molar-refractivity contribution < 1.29 is 23.9 Å². The minimum Gasteiger partial charge on any atom is -0.497 e. The molecule has 166 valence electrons. The third kappa shape index (κ3) is 4.25. The van der Waals surface area contributed by atoms with Crippen LogP contribution < -0.4 is 15.1 Å². The van der Waals surface area contributed by atoms with Gasteiger partial charge in [0.2, 0.25) is 0 Å². The normalized spacial score (nSPS) is 23.6. The van der Waals surface area contributed by atoms with Crippen LogP contribution in [-0.4, -0.2) is 67.2 Å². The summed E-state index contributed by atoms with van der Waals surface area (Å²) in [7, 11) is 1.16. The van der Waals surface area contributed by atoms with E-state index in [0.29, 0.717) is 19.6 Å². The van der Waals surface area contributed by atoms with Gasteiger partial charge in [-0.2, -0.15) is 0 Å². The molecule has 2 heterocycles.